The van der Waals surface area contributed by atoms with E-state index in [1.807, 2.05) is 12.2 Å². The maximum atomic E-state index is 10.3. The number of allylic oxidation sites excluding steroid dienone is 4. The van der Waals surface area contributed by atoms with E-state index in [0.717, 1.165) is 32.1 Å². The van der Waals surface area contributed by atoms with Crippen LogP contribution in [0.4, 0.5) is 0 Å². The van der Waals surface area contributed by atoms with Crippen molar-refractivity contribution in [3.63, 3.8) is 0 Å². The molecule has 3 nitrogen and oxygen atoms in total. The predicted octanol–water partition coefficient (Wildman–Crippen LogP) is 4.58. The average Bonchev–Trinajstić information content (AvgIpc) is 2.47. The summed E-state index contributed by atoms with van der Waals surface area (Å²) in [6.07, 6.45) is 18.6. The molecule has 0 aliphatic rings. The van der Waals surface area contributed by atoms with Crippen LogP contribution >= 0.6 is 0 Å². The summed E-state index contributed by atoms with van der Waals surface area (Å²) in [5.74, 6) is -0.200. The van der Waals surface area contributed by atoms with Gasteiger partial charge in [-0.3, -0.25) is 4.79 Å². The number of hydrogen-bond donors (Lipinski definition) is 1. The number of ether oxygens (including phenoxy) is 1. The minimum absolute atomic E-state index is 0.164. The summed E-state index contributed by atoms with van der Waals surface area (Å²) in [6.45, 7) is 6.36. The van der Waals surface area contributed by atoms with Gasteiger partial charge in [0.1, 0.15) is 0 Å². The van der Waals surface area contributed by atoms with Crippen LogP contribution in [0.2, 0.25) is 0 Å². The van der Waals surface area contributed by atoms with Crippen molar-refractivity contribution in [2.75, 3.05) is 13.2 Å². The van der Waals surface area contributed by atoms with Crippen molar-refractivity contribution < 1.29 is 14.6 Å². The Kier molecular flexibility index (Phi) is 21.9. The van der Waals surface area contributed by atoms with Gasteiger partial charge in [0.05, 0.1) is 13.2 Å². The Hall–Kier alpha value is -1.35. The molecule has 0 aliphatic carbocycles. The summed E-state index contributed by atoms with van der Waals surface area (Å²) in [5, 5.41) is 8.36. The highest BCUT2D eigenvalue weighted by atomic mass is 16.5. The molecule has 0 amide bonds. The number of rotatable bonds is 10. The number of unbranched alkanes of at least 4 members (excludes halogenated alkanes) is 2. The lowest BCUT2D eigenvalue weighted by molar-refractivity contribution is -0.140. The number of esters is 1. The van der Waals surface area contributed by atoms with Crippen molar-refractivity contribution in [2.45, 2.75) is 59.3 Å². The van der Waals surface area contributed by atoms with Gasteiger partial charge in [-0.25, -0.2) is 0 Å². The van der Waals surface area contributed by atoms with Crippen LogP contribution in [0.5, 0.6) is 0 Å². The fourth-order valence-electron chi connectivity index (χ4n) is 1.34. The Labute approximate surface area is 130 Å². The van der Waals surface area contributed by atoms with E-state index in [2.05, 4.69) is 32.1 Å². The normalized spacial score (nSPS) is 11.0. The second kappa shape index (κ2) is 21.0. The van der Waals surface area contributed by atoms with E-state index >= 15 is 0 Å². The van der Waals surface area contributed by atoms with Crippen LogP contribution in [-0.2, 0) is 9.53 Å². The zero-order valence-electron chi connectivity index (χ0n) is 13.9. The fourth-order valence-corrected chi connectivity index (χ4v) is 1.34. The third-order valence-corrected chi connectivity index (χ3v) is 2.39. The first kappa shape index (κ1) is 21.9. The lowest BCUT2D eigenvalue weighted by Gasteiger charge is -1.95. The molecule has 21 heavy (non-hydrogen) atoms. The third kappa shape index (κ3) is 27.7. The Morgan fingerprint density at radius 1 is 0.905 bits per heavy atom. The quantitative estimate of drug-likeness (QED) is 0.365. The predicted molar refractivity (Wildman–Crippen MR) is 90.2 cm³/mol. The summed E-state index contributed by atoms with van der Waals surface area (Å²) in [6, 6.07) is 0. The van der Waals surface area contributed by atoms with E-state index in [1.54, 1.807) is 6.08 Å². The van der Waals surface area contributed by atoms with Gasteiger partial charge < -0.3 is 9.84 Å². The molecule has 0 saturated heterocycles. The average molecular weight is 296 g/mol. The number of carbonyl (C=O) groups excluding carboxylic acids is 1. The molecule has 0 bridgehead atoms. The monoisotopic (exact) mass is 296 g/mol. The van der Waals surface area contributed by atoms with Gasteiger partial charge in [0.25, 0.3) is 0 Å². The molecule has 0 aromatic carbocycles. The molecule has 0 saturated carbocycles. The highest BCUT2D eigenvalue weighted by Gasteiger charge is 1.87. The highest BCUT2D eigenvalue weighted by Crippen LogP contribution is 1.93. The molecule has 0 atom stereocenters. The number of aliphatic hydroxyl groups is 1. The highest BCUT2D eigenvalue weighted by molar-refractivity contribution is 5.65. The zero-order valence-corrected chi connectivity index (χ0v) is 13.9. The van der Waals surface area contributed by atoms with E-state index in [4.69, 9.17) is 9.84 Å². The summed E-state index contributed by atoms with van der Waals surface area (Å²) in [4.78, 5) is 10.3. The fraction of sp³-hybridized carbons (Fsp3) is 0.611. The molecule has 0 heterocycles. The molecule has 3 heteroatoms. The van der Waals surface area contributed by atoms with Crippen LogP contribution in [0.25, 0.3) is 0 Å². The molecule has 0 aromatic heterocycles. The minimum atomic E-state index is -0.200. The lowest BCUT2D eigenvalue weighted by Crippen LogP contribution is -1.98. The number of aliphatic hydroxyl groups excluding tert-OH is 1. The van der Waals surface area contributed by atoms with E-state index in [9.17, 15) is 4.79 Å². The SMILES string of the molecule is CCC/C=C\CCOC(C)=O.CCC=CCCC=CCO. The molecule has 0 aliphatic heterocycles. The van der Waals surface area contributed by atoms with E-state index in [0.29, 0.717) is 6.61 Å². The van der Waals surface area contributed by atoms with E-state index < -0.39 is 0 Å². The lowest BCUT2D eigenvalue weighted by atomic mass is 10.2. The Morgan fingerprint density at radius 2 is 1.48 bits per heavy atom. The first-order valence-electron chi connectivity index (χ1n) is 7.88. The first-order valence-corrected chi connectivity index (χ1v) is 7.88. The van der Waals surface area contributed by atoms with Gasteiger partial charge in [-0.1, -0.05) is 56.7 Å². The second-order valence-electron chi connectivity index (χ2n) is 4.50. The smallest absolute Gasteiger partial charge is 0.302 e. The molecule has 0 radical (unpaired) electrons. The maximum absolute atomic E-state index is 10.3. The van der Waals surface area contributed by atoms with Gasteiger partial charge >= 0.3 is 5.97 Å². The van der Waals surface area contributed by atoms with Crippen LogP contribution in [0.15, 0.2) is 36.5 Å². The molecule has 0 fully saturated rings. The van der Waals surface area contributed by atoms with E-state index in [-0.39, 0.29) is 12.6 Å². The topological polar surface area (TPSA) is 46.5 Å². The van der Waals surface area contributed by atoms with E-state index in [1.165, 1.54) is 13.3 Å². The van der Waals surface area contributed by atoms with Gasteiger partial charge in [0, 0.05) is 6.92 Å². The summed E-state index contributed by atoms with van der Waals surface area (Å²) in [7, 11) is 0. The first-order chi connectivity index (χ1) is 10.2. The number of hydrogen-bond acceptors (Lipinski definition) is 3. The zero-order chi connectivity index (χ0) is 16.2. The van der Waals surface area contributed by atoms with Crippen LogP contribution in [-0.4, -0.2) is 24.3 Å². The second-order valence-corrected chi connectivity index (χ2v) is 4.50. The Morgan fingerprint density at radius 3 is 2.00 bits per heavy atom. The standard InChI is InChI=1S/C9H16O2.C9H16O/c1-3-4-5-6-7-8-11-9(2)10;1-2-3-4-5-6-7-8-9-10/h5-6H,3-4,7-8H2,1-2H3;3-4,7-8,10H,2,5-6,9H2,1H3/b6-5-;. The van der Waals surface area contributed by atoms with Crippen molar-refractivity contribution in [3.05, 3.63) is 36.5 Å². The third-order valence-electron chi connectivity index (χ3n) is 2.39. The molecule has 0 unspecified atom stereocenters. The van der Waals surface area contributed by atoms with Gasteiger partial charge in [0.2, 0.25) is 0 Å². The van der Waals surface area contributed by atoms with Crippen molar-refractivity contribution in [1.82, 2.24) is 0 Å². The Bertz CT molecular complexity index is 277. The van der Waals surface area contributed by atoms with Gasteiger partial charge in [-0.2, -0.15) is 0 Å². The van der Waals surface area contributed by atoms with Crippen molar-refractivity contribution in [1.29, 1.82) is 0 Å². The molecular formula is C18H32O3. The molecule has 1 N–H and O–H groups in total. The van der Waals surface area contributed by atoms with Crippen molar-refractivity contribution in [2.24, 2.45) is 0 Å². The van der Waals surface area contributed by atoms with Crippen LogP contribution in [0, 0.1) is 0 Å². The Balaban J connectivity index is 0. The summed E-state index contributed by atoms with van der Waals surface area (Å²) < 4.78 is 4.73. The van der Waals surface area contributed by atoms with Crippen molar-refractivity contribution in [3.8, 4) is 0 Å². The van der Waals surface area contributed by atoms with Crippen LogP contribution < -0.4 is 0 Å². The maximum Gasteiger partial charge on any atom is 0.302 e. The molecular weight excluding hydrogens is 264 g/mol. The number of carbonyl (C=O) groups is 1. The molecule has 0 rings (SSSR count). The minimum Gasteiger partial charge on any atom is -0.466 e. The molecule has 0 spiro atoms. The summed E-state index contributed by atoms with van der Waals surface area (Å²) >= 11 is 0. The van der Waals surface area contributed by atoms with Crippen LogP contribution in [0.3, 0.4) is 0 Å². The van der Waals surface area contributed by atoms with Gasteiger partial charge in [-0.15, -0.1) is 0 Å². The van der Waals surface area contributed by atoms with Crippen molar-refractivity contribution >= 4 is 5.97 Å². The molecule has 0 aromatic rings. The molecule has 122 valence electrons. The largest absolute Gasteiger partial charge is 0.466 e. The van der Waals surface area contributed by atoms with Gasteiger partial charge in [0.15, 0.2) is 0 Å². The van der Waals surface area contributed by atoms with Gasteiger partial charge in [-0.05, 0) is 32.1 Å². The van der Waals surface area contributed by atoms with Crippen LogP contribution in [0.1, 0.15) is 59.3 Å². The summed E-state index contributed by atoms with van der Waals surface area (Å²) in [5.41, 5.74) is 0.